The summed E-state index contributed by atoms with van der Waals surface area (Å²) in [5.74, 6) is -3.42. The Hall–Kier alpha value is -2.64. The van der Waals surface area contributed by atoms with E-state index in [1.165, 1.54) is 205 Å². The lowest BCUT2D eigenvalue weighted by molar-refractivity contribution is -0.139. The van der Waals surface area contributed by atoms with Crippen LogP contribution in [0.1, 0.15) is 245 Å². The van der Waals surface area contributed by atoms with Gasteiger partial charge in [0.25, 0.3) is 0 Å². The van der Waals surface area contributed by atoms with Crippen LogP contribution in [-0.2, 0) is 28.7 Å². The quantitative estimate of drug-likeness (QED) is 0.0355. The standard InChI is InChI=1S/C26H48O4.C22H40O4/c1-2-3-4-5-6-7-8-9-10-11-12-13-14-15-16-17-18-19-20-21-24-30-26(29)23-22-25(27)28;1-2-3-4-5-6-7-8-9-10-11-12-13-14-15-16-17-20-26-22(25)19-18-21(23)24/h22-23H,2-21,24H2,1H3,(H,27,28);18-19H,2-17,20H2,1H3,(H,23,24)/b23-22-;19-18-. The van der Waals surface area contributed by atoms with E-state index < -0.39 is 23.9 Å². The molecule has 56 heavy (non-hydrogen) atoms. The molecule has 0 amide bonds. The first-order chi connectivity index (χ1) is 27.3. The molecule has 0 atom stereocenters. The maximum absolute atomic E-state index is 11.2. The predicted molar refractivity (Wildman–Crippen MR) is 233 cm³/mol. The number of carboxylic acids is 2. The first kappa shape index (κ1) is 55.5. The van der Waals surface area contributed by atoms with E-state index in [1.54, 1.807) is 0 Å². The molecule has 0 saturated heterocycles. The third kappa shape index (κ3) is 53.5. The van der Waals surface area contributed by atoms with Crippen LogP contribution in [0.15, 0.2) is 24.3 Å². The molecule has 0 spiro atoms. The first-order valence-electron chi connectivity index (χ1n) is 23.5. The second-order valence-corrected chi connectivity index (χ2v) is 15.7. The summed E-state index contributed by atoms with van der Waals surface area (Å²) in [5, 5.41) is 16.8. The maximum atomic E-state index is 11.2. The number of hydrogen-bond acceptors (Lipinski definition) is 6. The van der Waals surface area contributed by atoms with Crippen molar-refractivity contribution in [3.05, 3.63) is 24.3 Å². The van der Waals surface area contributed by atoms with E-state index >= 15 is 0 Å². The van der Waals surface area contributed by atoms with Crippen molar-refractivity contribution in [2.45, 2.75) is 245 Å². The van der Waals surface area contributed by atoms with Crippen molar-refractivity contribution in [2.75, 3.05) is 13.2 Å². The number of carbonyl (C=O) groups excluding carboxylic acids is 2. The molecule has 0 aliphatic carbocycles. The zero-order valence-corrected chi connectivity index (χ0v) is 36.5. The zero-order chi connectivity index (χ0) is 41.4. The van der Waals surface area contributed by atoms with Gasteiger partial charge in [-0.1, -0.05) is 232 Å². The van der Waals surface area contributed by atoms with Gasteiger partial charge >= 0.3 is 23.9 Å². The molecule has 0 bridgehead atoms. The topological polar surface area (TPSA) is 127 Å². The van der Waals surface area contributed by atoms with Crippen LogP contribution in [-0.4, -0.2) is 47.3 Å². The van der Waals surface area contributed by atoms with Crippen LogP contribution >= 0.6 is 0 Å². The lowest BCUT2D eigenvalue weighted by Crippen LogP contribution is -2.03. The largest absolute Gasteiger partial charge is 0.478 e. The first-order valence-corrected chi connectivity index (χ1v) is 23.5. The van der Waals surface area contributed by atoms with Crippen molar-refractivity contribution in [3.63, 3.8) is 0 Å². The molecular weight excluding hydrogens is 705 g/mol. The molecule has 0 heterocycles. The van der Waals surface area contributed by atoms with E-state index in [9.17, 15) is 19.2 Å². The molecule has 0 rings (SSSR count). The molecule has 0 aliphatic rings. The Morgan fingerprint density at radius 1 is 0.304 bits per heavy atom. The molecule has 8 heteroatoms. The van der Waals surface area contributed by atoms with Gasteiger partial charge in [-0.2, -0.15) is 0 Å². The average molecular weight is 793 g/mol. The van der Waals surface area contributed by atoms with Gasteiger partial charge in [0.05, 0.1) is 13.2 Å². The smallest absolute Gasteiger partial charge is 0.331 e. The van der Waals surface area contributed by atoms with Gasteiger partial charge in [0.1, 0.15) is 0 Å². The van der Waals surface area contributed by atoms with Crippen LogP contribution in [0, 0.1) is 0 Å². The highest BCUT2D eigenvalue weighted by molar-refractivity contribution is 5.91. The third-order valence-corrected chi connectivity index (χ3v) is 10.2. The number of rotatable bonds is 42. The van der Waals surface area contributed by atoms with E-state index in [0.717, 1.165) is 50.0 Å². The number of carbonyl (C=O) groups is 4. The van der Waals surface area contributed by atoms with E-state index in [2.05, 4.69) is 13.8 Å². The molecule has 0 unspecified atom stereocenters. The van der Waals surface area contributed by atoms with Crippen LogP contribution in [0.2, 0.25) is 0 Å². The van der Waals surface area contributed by atoms with Crippen LogP contribution < -0.4 is 0 Å². The van der Waals surface area contributed by atoms with E-state index in [4.69, 9.17) is 19.7 Å². The Morgan fingerprint density at radius 2 is 0.482 bits per heavy atom. The Balaban J connectivity index is 0. The molecule has 0 radical (unpaired) electrons. The number of unbranched alkanes of at least 4 members (excludes halogenated alkanes) is 34. The molecule has 328 valence electrons. The summed E-state index contributed by atoms with van der Waals surface area (Å²) in [7, 11) is 0. The molecule has 0 aromatic carbocycles. The molecular formula is C48H88O8. The SMILES string of the molecule is CCCCCCCCCCCCCCCCCCCCCCOC(=O)/C=C\C(=O)O.CCCCCCCCCCCCCCCCCCOC(=O)/C=C\C(=O)O. The summed E-state index contributed by atoms with van der Waals surface area (Å²) >= 11 is 0. The molecule has 2 N–H and O–H groups in total. The Morgan fingerprint density at radius 3 is 0.661 bits per heavy atom. The number of ether oxygens (including phenoxy) is 2. The van der Waals surface area contributed by atoms with Crippen LogP contribution in [0.4, 0.5) is 0 Å². The number of esters is 2. The summed E-state index contributed by atoms with van der Waals surface area (Å²) in [6.07, 6.45) is 51.3. The van der Waals surface area contributed by atoms with Gasteiger partial charge in [-0.25, -0.2) is 19.2 Å². The average Bonchev–Trinajstić information content (AvgIpc) is 3.18. The van der Waals surface area contributed by atoms with E-state index in [-0.39, 0.29) is 0 Å². The summed E-state index contributed by atoms with van der Waals surface area (Å²) in [4.78, 5) is 42.8. The fourth-order valence-corrected chi connectivity index (χ4v) is 6.73. The summed E-state index contributed by atoms with van der Waals surface area (Å²) < 4.78 is 9.86. The van der Waals surface area contributed by atoms with Gasteiger partial charge in [-0.3, -0.25) is 0 Å². The van der Waals surface area contributed by atoms with Crippen molar-refractivity contribution in [3.8, 4) is 0 Å². The minimum Gasteiger partial charge on any atom is -0.478 e. The van der Waals surface area contributed by atoms with Crippen molar-refractivity contribution < 1.29 is 38.9 Å². The van der Waals surface area contributed by atoms with Crippen LogP contribution in [0.3, 0.4) is 0 Å². The lowest BCUT2D eigenvalue weighted by atomic mass is 10.0. The lowest BCUT2D eigenvalue weighted by Gasteiger charge is -2.04. The van der Waals surface area contributed by atoms with E-state index in [1.807, 2.05) is 0 Å². The fraction of sp³-hybridized carbons (Fsp3) is 0.833. The molecule has 0 aromatic heterocycles. The van der Waals surface area contributed by atoms with Crippen LogP contribution in [0.25, 0.3) is 0 Å². The van der Waals surface area contributed by atoms with Crippen LogP contribution in [0.5, 0.6) is 0 Å². The zero-order valence-electron chi connectivity index (χ0n) is 36.5. The highest BCUT2D eigenvalue weighted by Crippen LogP contribution is 2.16. The van der Waals surface area contributed by atoms with E-state index in [0.29, 0.717) is 13.2 Å². The fourth-order valence-electron chi connectivity index (χ4n) is 6.73. The van der Waals surface area contributed by atoms with Gasteiger partial charge in [0, 0.05) is 24.3 Å². The molecule has 0 fully saturated rings. The Bertz CT molecular complexity index is 928. The predicted octanol–water partition coefficient (Wildman–Crippen LogP) is 14.4. The van der Waals surface area contributed by atoms with Crippen molar-refractivity contribution in [1.29, 1.82) is 0 Å². The molecule has 0 saturated carbocycles. The molecule has 8 nitrogen and oxygen atoms in total. The van der Waals surface area contributed by atoms with Gasteiger partial charge < -0.3 is 19.7 Å². The number of aliphatic carboxylic acids is 2. The maximum Gasteiger partial charge on any atom is 0.331 e. The number of hydrogen-bond donors (Lipinski definition) is 2. The van der Waals surface area contributed by atoms with Gasteiger partial charge in [0.2, 0.25) is 0 Å². The highest BCUT2D eigenvalue weighted by atomic mass is 16.5. The third-order valence-electron chi connectivity index (χ3n) is 10.2. The molecule has 0 aromatic rings. The minimum atomic E-state index is -1.13. The van der Waals surface area contributed by atoms with Gasteiger partial charge in [0.15, 0.2) is 0 Å². The monoisotopic (exact) mass is 793 g/mol. The summed E-state index contributed by atoms with van der Waals surface area (Å²) in [5.41, 5.74) is 0. The second kappa shape index (κ2) is 48.5. The van der Waals surface area contributed by atoms with Crippen molar-refractivity contribution in [1.82, 2.24) is 0 Å². The summed E-state index contributed by atoms with van der Waals surface area (Å²) in [6, 6.07) is 0. The highest BCUT2D eigenvalue weighted by Gasteiger charge is 2.01. The van der Waals surface area contributed by atoms with Gasteiger partial charge in [-0.15, -0.1) is 0 Å². The normalized spacial score (nSPS) is 11.2. The van der Waals surface area contributed by atoms with Crippen molar-refractivity contribution >= 4 is 23.9 Å². The second-order valence-electron chi connectivity index (χ2n) is 15.7. The molecule has 0 aliphatic heterocycles. The van der Waals surface area contributed by atoms with Gasteiger partial charge in [-0.05, 0) is 12.8 Å². The Labute approximate surface area is 344 Å². The Kier molecular flexibility index (Phi) is 48.0. The summed E-state index contributed by atoms with van der Waals surface area (Å²) in [6.45, 7) is 5.30. The number of carboxylic acid groups (broad SMARTS) is 2. The van der Waals surface area contributed by atoms with Crippen molar-refractivity contribution in [2.24, 2.45) is 0 Å². The minimum absolute atomic E-state index is 0.376.